The van der Waals surface area contributed by atoms with Crippen molar-refractivity contribution in [2.24, 2.45) is 12.8 Å². The molecule has 1 unspecified atom stereocenters. The third-order valence-corrected chi connectivity index (χ3v) is 7.50. The molecule has 0 saturated carbocycles. The van der Waals surface area contributed by atoms with Crippen LogP contribution in [0.4, 0.5) is 25.1 Å². The lowest BCUT2D eigenvalue weighted by atomic mass is 9.92. The summed E-state index contributed by atoms with van der Waals surface area (Å²) in [7, 11) is 1.77. The molecule has 5 heterocycles. The SMILES string of the molecule is Cn1cc(-c2cc3c(cc2C(F)F)N(c2nn(C4CCOC4)c4c2CN(C(N)=O)CC4)CCC3)cn1. The molecular formula is C25H29F2N7O2. The second kappa shape index (κ2) is 8.88. The van der Waals surface area contributed by atoms with Gasteiger partial charge in [0.05, 0.1) is 25.4 Å². The van der Waals surface area contributed by atoms with Crippen LogP contribution in [0.25, 0.3) is 11.1 Å². The zero-order valence-electron chi connectivity index (χ0n) is 20.2. The molecule has 2 aromatic heterocycles. The number of carbonyl (C=O) groups is 1. The molecule has 0 aliphatic carbocycles. The maximum absolute atomic E-state index is 14.3. The molecule has 36 heavy (non-hydrogen) atoms. The molecule has 3 aliphatic heterocycles. The van der Waals surface area contributed by atoms with Gasteiger partial charge in [0.1, 0.15) is 0 Å². The van der Waals surface area contributed by atoms with Crippen LogP contribution in [-0.4, -0.2) is 56.8 Å². The summed E-state index contributed by atoms with van der Waals surface area (Å²) in [5.74, 6) is 0.721. The molecule has 1 aromatic carbocycles. The van der Waals surface area contributed by atoms with Crippen molar-refractivity contribution in [3.05, 3.63) is 46.9 Å². The number of hydrogen-bond donors (Lipinski definition) is 1. The van der Waals surface area contributed by atoms with E-state index in [1.54, 1.807) is 35.1 Å². The van der Waals surface area contributed by atoms with Gasteiger partial charge in [-0.3, -0.25) is 9.36 Å². The van der Waals surface area contributed by atoms with E-state index in [-0.39, 0.29) is 11.6 Å². The molecule has 3 aromatic rings. The van der Waals surface area contributed by atoms with Gasteiger partial charge in [-0.15, -0.1) is 0 Å². The van der Waals surface area contributed by atoms with E-state index in [9.17, 15) is 13.6 Å². The van der Waals surface area contributed by atoms with Crippen LogP contribution in [0.1, 0.15) is 47.7 Å². The summed E-state index contributed by atoms with van der Waals surface area (Å²) >= 11 is 0. The van der Waals surface area contributed by atoms with E-state index in [0.717, 1.165) is 47.6 Å². The summed E-state index contributed by atoms with van der Waals surface area (Å²) in [4.78, 5) is 15.7. The zero-order valence-corrected chi connectivity index (χ0v) is 20.2. The highest BCUT2D eigenvalue weighted by Crippen LogP contribution is 2.43. The Balaban J connectivity index is 1.48. The summed E-state index contributed by atoms with van der Waals surface area (Å²) in [5, 5.41) is 9.21. The lowest BCUT2D eigenvalue weighted by Gasteiger charge is -2.33. The van der Waals surface area contributed by atoms with Gasteiger partial charge in [0.2, 0.25) is 0 Å². The standard InChI is InChI=1S/C25H29F2N7O2/c1-31-12-16(11-29-31)18-9-15-3-2-6-33(22(15)10-19(18)23(26)27)24-20-13-32(25(28)35)7-4-21(20)34(30-24)17-5-8-36-14-17/h9-12,17,23H,2-8,13-14H2,1H3,(H2,28,35). The van der Waals surface area contributed by atoms with E-state index in [4.69, 9.17) is 15.6 Å². The molecule has 11 heteroatoms. The van der Waals surface area contributed by atoms with Crippen LogP contribution in [0.5, 0.6) is 0 Å². The fraction of sp³-hybridized carbons (Fsp3) is 0.480. The molecule has 0 radical (unpaired) electrons. The summed E-state index contributed by atoms with van der Waals surface area (Å²) in [6.07, 6.45) is 3.90. The number of amides is 2. The third-order valence-electron chi connectivity index (χ3n) is 7.50. The van der Waals surface area contributed by atoms with E-state index >= 15 is 0 Å². The molecular weight excluding hydrogens is 468 g/mol. The second-order valence-corrected chi connectivity index (χ2v) is 9.75. The fourth-order valence-electron chi connectivity index (χ4n) is 5.71. The number of benzene rings is 1. The minimum Gasteiger partial charge on any atom is -0.379 e. The quantitative estimate of drug-likeness (QED) is 0.593. The smallest absolute Gasteiger partial charge is 0.315 e. The molecule has 1 atom stereocenters. The van der Waals surface area contributed by atoms with Gasteiger partial charge in [0.15, 0.2) is 5.82 Å². The van der Waals surface area contributed by atoms with Gasteiger partial charge in [0.25, 0.3) is 6.43 Å². The summed E-state index contributed by atoms with van der Waals surface area (Å²) in [6, 6.07) is 3.15. The number of aryl methyl sites for hydroxylation is 2. The van der Waals surface area contributed by atoms with Crippen LogP contribution in [-0.2, 0) is 31.2 Å². The average Bonchev–Trinajstić information content (AvgIpc) is 3.62. The van der Waals surface area contributed by atoms with Gasteiger partial charge in [0, 0.05) is 67.4 Å². The number of alkyl halides is 2. The van der Waals surface area contributed by atoms with Gasteiger partial charge in [-0.2, -0.15) is 10.2 Å². The highest BCUT2D eigenvalue weighted by Gasteiger charge is 2.34. The number of rotatable bonds is 4. The maximum atomic E-state index is 14.3. The molecule has 0 bridgehead atoms. The van der Waals surface area contributed by atoms with E-state index < -0.39 is 12.5 Å². The number of ether oxygens (including phenoxy) is 1. The first-order valence-corrected chi connectivity index (χ1v) is 12.3. The third kappa shape index (κ3) is 3.82. The number of fused-ring (bicyclic) bond motifs is 2. The predicted octanol–water partition coefficient (Wildman–Crippen LogP) is 3.70. The number of hydrogen-bond acceptors (Lipinski definition) is 5. The van der Waals surface area contributed by atoms with Gasteiger partial charge in [-0.25, -0.2) is 13.6 Å². The molecule has 1 fully saturated rings. The topological polar surface area (TPSA) is 94.4 Å². The Morgan fingerprint density at radius 3 is 2.81 bits per heavy atom. The van der Waals surface area contributed by atoms with Crippen molar-refractivity contribution < 1.29 is 18.3 Å². The van der Waals surface area contributed by atoms with Gasteiger partial charge < -0.3 is 20.3 Å². The van der Waals surface area contributed by atoms with Crippen LogP contribution in [0.15, 0.2) is 24.5 Å². The highest BCUT2D eigenvalue weighted by molar-refractivity contribution is 5.77. The monoisotopic (exact) mass is 497 g/mol. The number of halogens is 2. The number of primary amides is 1. The van der Waals surface area contributed by atoms with Crippen molar-refractivity contribution in [2.75, 3.05) is 31.2 Å². The van der Waals surface area contributed by atoms with Crippen molar-refractivity contribution in [2.45, 2.75) is 44.7 Å². The Labute approximate surface area is 207 Å². The zero-order chi connectivity index (χ0) is 25.0. The average molecular weight is 498 g/mol. The van der Waals surface area contributed by atoms with E-state index in [2.05, 4.69) is 5.10 Å². The van der Waals surface area contributed by atoms with Crippen LogP contribution in [0, 0.1) is 0 Å². The Morgan fingerprint density at radius 2 is 2.11 bits per heavy atom. The maximum Gasteiger partial charge on any atom is 0.315 e. The Bertz CT molecular complexity index is 1310. The van der Waals surface area contributed by atoms with Crippen molar-refractivity contribution in [3.8, 4) is 11.1 Å². The van der Waals surface area contributed by atoms with Crippen molar-refractivity contribution in [3.63, 3.8) is 0 Å². The first kappa shape index (κ1) is 23.0. The number of anilines is 2. The minimum atomic E-state index is -2.64. The molecule has 2 amide bonds. The largest absolute Gasteiger partial charge is 0.379 e. The molecule has 2 N–H and O–H groups in total. The number of nitrogens with zero attached hydrogens (tertiary/aromatic N) is 6. The van der Waals surface area contributed by atoms with E-state index in [0.29, 0.717) is 50.4 Å². The van der Waals surface area contributed by atoms with Gasteiger partial charge >= 0.3 is 6.03 Å². The fourth-order valence-corrected chi connectivity index (χ4v) is 5.71. The predicted molar refractivity (Wildman–Crippen MR) is 129 cm³/mol. The number of nitrogens with two attached hydrogens (primary N) is 1. The first-order valence-electron chi connectivity index (χ1n) is 12.3. The number of urea groups is 1. The van der Waals surface area contributed by atoms with Crippen molar-refractivity contribution >= 4 is 17.5 Å². The lowest BCUT2D eigenvalue weighted by Crippen LogP contribution is -2.40. The Kier molecular flexibility index (Phi) is 5.66. The molecule has 190 valence electrons. The summed E-state index contributed by atoms with van der Waals surface area (Å²) < 4.78 is 37.9. The molecule has 1 saturated heterocycles. The molecule has 6 rings (SSSR count). The van der Waals surface area contributed by atoms with E-state index in [1.807, 2.05) is 15.6 Å². The Hall–Kier alpha value is -3.47. The van der Waals surface area contributed by atoms with Gasteiger partial charge in [-0.05, 0) is 42.5 Å². The van der Waals surface area contributed by atoms with Crippen LogP contribution < -0.4 is 10.6 Å². The van der Waals surface area contributed by atoms with Crippen LogP contribution in [0.3, 0.4) is 0 Å². The molecule has 9 nitrogen and oxygen atoms in total. The second-order valence-electron chi connectivity index (χ2n) is 9.75. The van der Waals surface area contributed by atoms with E-state index in [1.165, 1.54) is 0 Å². The lowest BCUT2D eigenvalue weighted by molar-refractivity contribution is 0.152. The number of aromatic nitrogens is 4. The summed E-state index contributed by atoms with van der Waals surface area (Å²) in [6.45, 7) is 2.82. The minimum absolute atomic E-state index is 0.0232. The van der Waals surface area contributed by atoms with Crippen LogP contribution >= 0.6 is 0 Å². The normalized spacial score (nSPS) is 19.6. The van der Waals surface area contributed by atoms with Crippen molar-refractivity contribution in [1.29, 1.82) is 0 Å². The number of carbonyl (C=O) groups excluding carboxylic acids is 1. The highest BCUT2D eigenvalue weighted by atomic mass is 19.3. The summed E-state index contributed by atoms with van der Waals surface area (Å²) in [5.41, 5.74) is 10.5. The molecule has 3 aliphatic rings. The van der Waals surface area contributed by atoms with Gasteiger partial charge in [-0.1, -0.05) is 0 Å². The van der Waals surface area contributed by atoms with Crippen LogP contribution in [0.2, 0.25) is 0 Å². The van der Waals surface area contributed by atoms with Crippen molar-refractivity contribution in [1.82, 2.24) is 24.5 Å². The molecule has 0 spiro atoms. The Morgan fingerprint density at radius 1 is 1.25 bits per heavy atom. The first-order chi connectivity index (χ1) is 17.4.